The standard InChI is InChI=1S/C13H9F3N4O/c1-20(5-9(18)21)13-6(3-17)4-19-12-7(13)2-8(14)10(15)11(12)16/h2,4H,5H2,1H3,(H2,18,21). The number of anilines is 1. The zero-order valence-corrected chi connectivity index (χ0v) is 10.8. The molecule has 2 rings (SSSR count). The first kappa shape index (κ1) is 14.6. The average Bonchev–Trinajstić information content (AvgIpc) is 2.42. The van der Waals surface area contributed by atoms with E-state index in [0.29, 0.717) is 0 Å². The number of amides is 1. The lowest BCUT2D eigenvalue weighted by Crippen LogP contribution is -2.31. The van der Waals surface area contributed by atoms with Crippen LogP contribution in [0.5, 0.6) is 0 Å². The highest BCUT2D eigenvalue weighted by atomic mass is 19.2. The van der Waals surface area contributed by atoms with Crippen LogP contribution in [0.1, 0.15) is 5.56 Å². The van der Waals surface area contributed by atoms with Gasteiger partial charge in [0.15, 0.2) is 17.5 Å². The number of carbonyl (C=O) groups excluding carboxylic acids is 1. The summed E-state index contributed by atoms with van der Waals surface area (Å²) in [5.74, 6) is -5.22. The van der Waals surface area contributed by atoms with Gasteiger partial charge < -0.3 is 10.6 Å². The lowest BCUT2D eigenvalue weighted by Gasteiger charge is -2.20. The highest BCUT2D eigenvalue weighted by Crippen LogP contribution is 2.31. The molecule has 0 fully saturated rings. The number of carbonyl (C=O) groups is 1. The van der Waals surface area contributed by atoms with E-state index in [0.717, 1.165) is 12.3 Å². The summed E-state index contributed by atoms with van der Waals surface area (Å²) in [6.07, 6.45) is 1.02. The summed E-state index contributed by atoms with van der Waals surface area (Å²) in [6, 6.07) is 2.53. The van der Waals surface area contributed by atoms with E-state index in [9.17, 15) is 18.0 Å². The molecule has 1 amide bonds. The number of likely N-dealkylation sites (N-methyl/N-ethyl adjacent to an activating group) is 1. The van der Waals surface area contributed by atoms with Crippen molar-refractivity contribution < 1.29 is 18.0 Å². The monoisotopic (exact) mass is 294 g/mol. The molecule has 1 heterocycles. The van der Waals surface area contributed by atoms with Gasteiger partial charge in [-0.15, -0.1) is 0 Å². The van der Waals surface area contributed by atoms with E-state index in [1.807, 2.05) is 0 Å². The fraction of sp³-hybridized carbons (Fsp3) is 0.154. The quantitative estimate of drug-likeness (QED) is 0.868. The molecule has 0 radical (unpaired) electrons. The molecule has 0 saturated heterocycles. The van der Waals surface area contributed by atoms with Crippen molar-refractivity contribution in [3.63, 3.8) is 0 Å². The zero-order valence-electron chi connectivity index (χ0n) is 10.8. The third-order valence-electron chi connectivity index (χ3n) is 2.86. The van der Waals surface area contributed by atoms with Gasteiger partial charge in [-0.1, -0.05) is 0 Å². The van der Waals surface area contributed by atoms with Crippen LogP contribution in [-0.4, -0.2) is 24.5 Å². The second-order valence-electron chi connectivity index (χ2n) is 4.34. The molecule has 5 nitrogen and oxygen atoms in total. The molecule has 21 heavy (non-hydrogen) atoms. The second-order valence-corrected chi connectivity index (χ2v) is 4.34. The number of hydrogen-bond donors (Lipinski definition) is 1. The Hall–Kier alpha value is -2.82. The van der Waals surface area contributed by atoms with E-state index in [1.54, 1.807) is 6.07 Å². The Balaban J connectivity index is 2.83. The number of nitrogens with zero attached hydrogens (tertiary/aromatic N) is 3. The maximum Gasteiger partial charge on any atom is 0.236 e. The van der Waals surface area contributed by atoms with Crippen LogP contribution in [-0.2, 0) is 4.79 Å². The van der Waals surface area contributed by atoms with Gasteiger partial charge in [-0.05, 0) is 6.07 Å². The van der Waals surface area contributed by atoms with Crippen molar-refractivity contribution in [2.75, 3.05) is 18.5 Å². The SMILES string of the molecule is CN(CC(N)=O)c1c(C#N)cnc2c(F)c(F)c(F)cc12. The minimum atomic E-state index is -1.65. The Morgan fingerprint density at radius 1 is 1.43 bits per heavy atom. The number of halogens is 3. The summed E-state index contributed by atoms with van der Waals surface area (Å²) >= 11 is 0. The summed E-state index contributed by atoms with van der Waals surface area (Å²) in [6.45, 7) is -0.283. The molecule has 0 unspecified atom stereocenters. The predicted octanol–water partition coefficient (Wildman–Crippen LogP) is 1.45. The minimum Gasteiger partial charge on any atom is -0.368 e. The van der Waals surface area contributed by atoms with E-state index in [2.05, 4.69) is 4.98 Å². The molecule has 108 valence electrons. The topological polar surface area (TPSA) is 83.0 Å². The molecule has 0 aliphatic carbocycles. The fourth-order valence-electron chi connectivity index (χ4n) is 2.03. The Morgan fingerprint density at radius 3 is 2.67 bits per heavy atom. The molecule has 0 spiro atoms. The molecule has 1 aromatic carbocycles. The van der Waals surface area contributed by atoms with Gasteiger partial charge in [0.1, 0.15) is 11.6 Å². The summed E-state index contributed by atoms with van der Waals surface area (Å²) in [4.78, 5) is 15.9. The summed E-state index contributed by atoms with van der Waals surface area (Å²) < 4.78 is 40.4. The minimum absolute atomic E-state index is 0.0170. The van der Waals surface area contributed by atoms with Crippen molar-refractivity contribution in [2.24, 2.45) is 5.73 Å². The Kier molecular flexibility index (Phi) is 3.67. The highest BCUT2D eigenvalue weighted by molar-refractivity contribution is 5.96. The van der Waals surface area contributed by atoms with Gasteiger partial charge in [-0.25, -0.2) is 13.2 Å². The van der Waals surface area contributed by atoms with Crippen LogP contribution in [0.4, 0.5) is 18.9 Å². The van der Waals surface area contributed by atoms with Crippen LogP contribution in [0.15, 0.2) is 12.3 Å². The number of benzene rings is 1. The Bertz CT molecular complexity index is 785. The first-order valence-corrected chi connectivity index (χ1v) is 5.72. The summed E-state index contributed by atoms with van der Waals surface area (Å²) in [5.41, 5.74) is 4.67. The molecule has 1 aromatic heterocycles. The van der Waals surface area contributed by atoms with Gasteiger partial charge in [-0.3, -0.25) is 9.78 Å². The highest BCUT2D eigenvalue weighted by Gasteiger charge is 2.21. The van der Waals surface area contributed by atoms with Crippen molar-refractivity contribution >= 4 is 22.5 Å². The van der Waals surface area contributed by atoms with E-state index >= 15 is 0 Å². The van der Waals surface area contributed by atoms with E-state index in [-0.39, 0.29) is 23.2 Å². The third-order valence-corrected chi connectivity index (χ3v) is 2.86. The maximum atomic E-state index is 13.7. The number of nitrogens with two attached hydrogens (primary N) is 1. The normalized spacial score (nSPS) is 10.4. The smallest absolute Gasteiger partial charge is 0.236 e. The van der Waals surface area contributed by atoms with Gasteiger partial charge in [0.05, 0.1) is 17.8 Å². The molecule has 0 bridgehead atoms. The number of hydrogen-bond acceptors (Lipinski definition) is 4. The van der Waals surface area contributed by atoms with Crippen molar-refractivity contribution in [1.82, 2.24) is 4.98 Å². The van der Waals surface area contributed by atoms with Crippen LogP contribution in [0.3, 0.4) is 0 Å². The van der Waals surface area contributed by atoms with Crippen LogP contribution >= 0.6 is 0 Å². The van der Waals surface area contributed by atoms with Crippen LogP contribution in [0, 0.1) is 28.8 Å². The van der Waals surface area contributed by atoms with Crippen LogP contribution in [0.25, 0.3) is 10.9 Å². The molecule has 0 aliphatic rings. The van der Waals surface area contributed by atoms with Crippen molar-refractivity contribution in [1.29, 1.82) is 5.26 Å². The molecule has 0 atom stereocenters. The van der Waals surface area contributed by atoms with E-state index in [4.69, 9.17) is 11.0 Å². The number of primary amides is 1. The fourth-order valence-corrected chi connectivity index (χ4v) is 2.03. The number of aromatic nitrogens is 1. The third kappa shape index (κ3) is 2.45. The first-order valence-electron chi connectivity index (χ1n) is 5.72. The Labute approximate surface area is 117 Å². The average molecular weight is 294 g/mol. The zero-order chi connectivity index (χ0) is 15.7. The number of pyridine rings is 1. The van der Waals surface area contributed by atoms with Gasteiger partial charge in [0, 0.05) is 18.6 Å². The lowest BCUT2D eigenvalue weighted by atomic mass is 10.1. The molecule has 0 aliphatic heterocycles. The summed E-state index contributed by atoms with van der Waals surface area (Å²) in [5, 5.41) is 8.94. The molecule has 2 N–H and O–H groups in total. The van der Waals surface area contributed by atoms with Crippen LogP contribution < -0.4 is 10.6 Å². The molecule has 2 aromatic rings. The van der Waals surface area contributed by atoms with Crippen molar-refractivity contribution in [3.05, 3.63) is 35.3 Å². The number of rotatable bonds is 3. The predicted molar refractivity (Wildman–Crippen MR) is 68.8 cm³/mol. The maximum absolute atomic E-state index is 13.7. The van der Waals surface area contributed by atoms with Crippen molar-refractivity contribution in [3.8, 4) is 6.07 Å². The molecular formula is C13H9F3N4O. The molecular weight excluding hydrogens is 285 g/mol. The van der Waals surface area contributed by atoms with Gasteiger partial charge in [0.2, 0.25) is 5.91 Å². The van der Waals surface area contributed by atoms with Crippen molar-refractivity contribution in [2.45, 2.75) is 0 Å². The molecule has 0 saturated carbocycles. The lowest BCUT2D eigenvalue weighted by molar-refractivity contribution is -0.116. The van der Waals surface area contributed by atoms with Gasteiger partial charge in [0.25, 0.3) is 0 Å². The van der Waals surface area contributed by atoms with Gasteiger partial charge >= 0.3 is 0 Å². The number of fused-ring (bicyclic) bond motifs is 1. The largest absolute Gasteiger partial charge is 0.368 e. The van der Waals surface area contributed by atoms with Crippen LogP contribution in [0.2, 0.25) is 0 Å². The van der Waals surface area contributed by atoms with E-state index < -0.39 is 28.9 Å². The van der Waals surface area contributed by atoms with Gasteiger partial charge in [-0.2, -0.15) is 5.26 Å². The Morgan fingerprint density at radius 2 is 2.10 bits per heavy atom. The van der Waals surface area contributed by atoms with E-state index in [1.165, 1.54) is 11.9 Å². The number of nitriles is 1. The second kappa shape index (κ2) is 5.28. The molecule has 8 heteroatoms. The first-order chi connectivity index (χ1) is 9.86. The summed E-state index contributed by atoms with van der Waals surface area (Å²) in [7, 11) is 1.42.